The van der Waals surface area contributed by atoms with Gasteiger partial charge in [0, 0.05) is 26.2 Å². The first-order valence-corrected chi connectivity index (χ1v) is 4.74. The molecule has 0 aromatic heterocycles. The van der Waals surface area contributed by atoms with Gasteiger partial charge in [0.05, 0.1) is 12.5 Å². The molecule has 0 spiro atoms. The summed E-state index contributed by atoms with van der Waals surface area (Å²) in [6.07, 6.45) is -0.102. The summed E-state index contributed by atoms with van der Waals surface area (Å²) in [4.78, 5) is 23.5. The van der Waals surface area contributed by atoms with Crippen LogP contribution in [0.25, 0.3) is 0 Å². The van der Waals surface area contributed by atoms with Crippen LogP contribution in [0.4, 0.5) is 0 Å². The number of nitrogens with two attached hydrogens (primary N) is 4. The molecule has 0 saturated heterocycles. The Bertz CT molecular complexity index is 215. The van der Waals surface area contributed by atoms with Crippen LogP contribution in [0, 0.1) is 0 Å². The molecule has 0 fully saturated rings. The van der Waals surface area contributed by atoms with Crippen molar-refractivity contribution in [2.24, 2.45) is 22.9 Å². The first-order valence-electron chi connectivity index (χ1n) is 4.74. The van der Waals surface area contributed by atoms with Gasteiger partial charge in [0.1, 0.15) is 0 Å². The van der Waals surface area contributed by atoms with E-state index in [0.29, 0.717) is 26.2 Å². The van der Waals surface area contributed by atoms with Crippen LogP contribution in [0.1, 0.15) is 6.42 Å². The lowest BCUT2D eigenvalue weighted by Gasteiger charge is -2.27. The summed E-state index contributed by atoms with van der Waals surface area (Å²) >= 11 is 0. The highest BCUT2D eigenvalue weighted by atomic mass is 16.2. The molecule has 0 saturated carbocycles. The molecular weight excluding hydrogens is 198 g/mol. The number of hydrogen-bond donors (Lipinski definition) is 4. The Morgan fingerprint density at radius 2 is 1.53 bits per heavy atom. The zero-order chi connectivity index (χ0) is 11.8. The van der Waals surface area contributed by atoms with Crippen LogP contribution < -0.4 is 22.9 Å². The highest BCUT2D eigenvalue weighted by Crippen LogP contribution is 2.02. The van der Waals surface area contributed by atoms with E-state index in [1.165, 1.54) is 0 Å². The van der Waals surface area contributed by atoms with Crippen molar-refractivity contribution in [2.45, 2.75) is 12.5 Å². The maximum Gasteiger partial charge on any atom is 0.235 e. The van der Waals surface area contributed by atoms with Gasteiger partial charge >= 0.3 is 0 Å². The van der Waals surface area contributed by atoms with Gasteiger partial charge in [0.25, 0.3) is 0 Å². The molecule has 7 heteroatoms. The first kappa shape index (κ1) is 13.8. The van der Waals surface area contributed by atoms with E-state index >= 15 is 0 Å². The van der Waals surface area contributed by atoms with Gasteiger partial charge in [-0.1, -0.05) is 0 Å². The highest BCUT2D eigenvalue weighted by molar-refractivity contribution is 5.86. The number of nitrogens with zero attached hydrogens (tertiary/aromatic N) is 1. The van der Waals surface area contributed by atoms with Crippen LogP contribution in [0.3, 0.4) is 0 Å². The predicted octanol–water partition coefficient (Wildman–Crippen LogP) is -3.06. The van der Waals surface area contributed by atoms with Crippen molar-refractivity contribution in [1.29, 1.82) is 0 Å². The molecule has 0 heterocycles. The largest absolute Gasteiger partial charge is 0.370 e. The zero-order valence-electron chi connectivity index (χ0n) is 8.69. The second-order valence-corrected chi connectivity index (χ2v) is 3.20. The third-order valence-corrected chi connectivity index (χ3v) is 2.00. The standard InChI is InChI=1S/C8H19N5O2/c9-1-3-13(4-2-10)6(8(12)15)5-7(11)14/h6H,1-5,9-10H2,(H2,11,14)(H2,12,15). The van der Waals surface area contributed by atoms with Gasteiger partial charge in [0.15, 0.2) is 0 Å². The molecule has 2 amide bonds. The Morgan fingerprint density at radius 3 is 1.80 bits per heavy atom. The number of amides is 2. The molecule has 0 aliphatic carbocycles. The summed E-state index contributed by atoms with van der Waals surface area (Å²) in [7, 11) is 0. The van der Waals surface area contributed by atoms with E-state index < -0.39 is 17.9 Å². The minimum Gasteiger partial charge on any atom is -0.370 e. The van der Waals surface area contributed by atoms with Gasteiger partial charge in [0.2, 0.25) is 11.8 Å². The van der Waals surface area contributed by atoms with Crippen LogP contribution in [0.2, 0.25) is 0 Å². The molecule has 0 aromatic rings. The van der Waals surface area contributed by atoms with Gasteiger partial charge in [-0.2, -0.15) is 0 Å². The van der Waals surface area contributed by atoms with Gasteiger partial charge in [-0.3, -0.25) is 14.5 Å². The molecule has 1 atom stereocenters. The van der Waals surface area contributed by atoms with Crippen LogP contribution >= 0.6 is 0 Å². The van der Waals surface area contributed by atoms with E-state index in [1.54, 1.807) is 4.90 Å². The number of hydrogen-bond acceptors (Lipinski definition) is 5. The Labute approximate surface area is 88.7 Å². The average Bonchev–Trinajstić information content (AvgIpc) is 2.13. The van der Waals surface area contributed by atoms with Crippen molar-refractivity contribution in [3.05, 3.63) is 0 Å². The fourth-order valence-electron chi connectivity index (χ4n) is 1.36. The lowest BCUT2D eigenvalue weighted by atomic mass is 10.1. The number of primary amides is 2. The van der Waals surface area contributed by atoms with Gasteiger partial charge in [-0.15, -0.1) is 0 Å². The van der Waals surface area contributed by atoms with Gasteiger partial charge < -0.3 is 22.9 Å². The highest BCUT2D eigenvalue weighted by Gasteiger charge is 2.24. The van der Waals surface area contributed by atoms with Crippen molar-refractivity contribution in [3.8, 4) is 0 Å². The fourth-order valence-corrected chi connectivity index (χ4v) is 1.36. The van der Waals surface area contributed by atoms with E-state index in [1.807, 2.05) is 0 Å². The van der Waals surface area contributed by atoms with E-state index in [2.05, 4.69) is 0 Å². The smallest absolute Gasteiger partial charge is 0.235 e. The van der Waals surface area contributed by atoms with E-state index in [9.17, 15) is 9.59 Å². The van der Waals surface area contributed by atoms with E-state index in [4.69, 9.17) is 22.9 Å². The maximum atomic E-state index is 11.1. The Morgan fingerprint density at radius 1 is 1.07 bits per heavy atom. The molecule has 1 unspecified atom stereocenters. The Kier molecular flexibility index (Phi) is 6.59. The van der Waals surface area contributed by atoms with Gasteiger partial charge in [-0.05, 0) is 0 Å². The van der Waals surface area contributed by atoms with Crippen LogP contribution in [0.5, 0.6) is 0 Å². The summed E-state index contributed by atoms with van der Waals surface area (Å²) in [6.45, 7) is 1.64. The van der Waals surface area contributed by atoms with Gasteiger partial charge in [-0.25, -0.2) is 0 Å². The number of rotatable bonds is 8. The SMILES string of the molecule is NCCN(CCN)C(CC(N)=O)C(N)=O. The molecule has 0 bridgehead atoms. The van der Waals surface area contributed by atoms with Crippen LogP contribution in [-0.2, 0) is 9.59 Å². The molecule has 88 valence electrons. The molecule has 0 aromatic carbocycles. The summed E-state index contributed by atoms with van der Waals surface area (Å²) < 4.78 is 0. The molecule has 0 rings (SSSR count). The zero-order valence-corrected chi connectivity index (χ0v) is 8.69. The Balaban J connectivity index is 4.50. The topological polar surface area (TPSA) is 141 Å². The lowest BCUT2D eigenvalue weighted by molar-refractivity contribution is -0.128. The second kappa shape index (κ2) is 7.16. The van der Waals surface area contributed by atoms with Crippen molar-refractivity contribution >= 4 is 11.8 Å². The molecule has 0 aliphatic heterocycles. The maximum absolute atomic E-state index is 11.1. The molecular formula is C8H19N5O2. The number of carbonyl (C=O) groups is 2. The quantitative estimate of drug-likeness (QED) is 0.341. The molecule has 15 heavy (non-hydrogen) atoms. The summed E-state index contributed by atoms with van der Waals surface area (Å²) in [5, 5.41) is 0. The lowest BCUT2D eigenvalue weighted by Crippen LogP contribution is -2.50. The molecule has 8 N–H and O–H groups in total. The van der Waals surface area contributed by atoms with Crippen molar-refractivity contribution in [1.82, 2.24) is 4.90 Å². The third kappa shape index (κ3) is 5.31. The number of carbonyl (C=O) groups excluding carboxylic acids is 2. The van der Waals surface area contributed by atoms with E-state index in [0.717, 1.165) is 0 Å². The summed E-state index contributed by atoms with van der Waals surface area (Å²) in [6, 6.07) is -0.713. The first-order chi connectivity index (χ1) is 7.02. The molecule has 7 nitrogen and oxygen atoms in total. The average molecular weight is 217 g/mol. The minimum absolute atomic E-state index is 0.102. The summed E-state index contributed by atoms with van der Waals surface area (Å²) in [5.41, 5.74) is 21.0. The van der Waals surface area contributed by atoms with Crippen LogP contribution in [-0.4, -0.2) is 48.9 Å². The predicted molar refractivity (Wildman–Crippen MR) is 56.5 cm³/mol. The van der Waals surface area contributed by atoms with Crippen molar-refractivity contribution in [3.63, 3.8) is 0 Å². The monoisotopic (exact) mass is 217 g/mol. The normalized spacial score (nSPS) is 12.7. The van der Waals surface area contributed by atoms with Crippen molar-refractivity contribution < 1.29 is 9.59 Å². The second-order valence-electron chi connectivity index (χ2n) is 3.20. The van der Waals surface area contributed by atoms with E-state index in [-0.39, 0.29) is 6.42 Å². The minimum atomic E-state index is -0.713. The Hall–Kier alpha value is -1.18. The van der Waals surface area contributed by atoms with Crippen LogP contribution in [0.15, 0.2) is 0 Å². The summed E-state index contributed by atoms with van der Waals surface area (Å²) in [5.74, 6) is -1.16. The fraction of sp³-hybridized carbons (Fsp3) is 0.750. The molecule has 0 aliphatic rings. The molecule has 0 radical (unpaired) electrons. The van der Waals surface area contributed by atoms with Crippen molar-refractivity contribution in [2.75, 3.05) is 26.2 Å². The third-order valence-electron chi connectivity index (χ3n) is 2.00.